The fourth-order valence-electron chi connectivity index (χ4n) is 2.81. The first kappa shape index (κ1) is 12.6. The molecule has 0 atom stereocenters. The summed E-state index contributed by atoms with van der Waals surface area (Å²) in [4.78, 5) is 16.3. The molecule has 1 N–H and O–H groups in total. The van der Waals surface area contributed by atoms with Crippen LogP contribution >= 0.6 is 0 Å². The average molecular weight is 260 g/mol. The summed E-state index contributed by atoms with van der Waals surface area (Å²) >= 11 is 0. The Morgan fingerprint density at radius 3 is 2.68 bits per heavy atom. The van der Waals surface area contributed by atoms with Gasteiger partial charge in [0.1, 0.15) is 0 Å². The quantitative estimate of drug-likeness (QED) is 0.885. The van der Waals surface area contributed by atoms with Crippen molar-refractivity contribution in [2.45, 2.75) is 25.5 Å². The van der Waals surface area contributed by atoms with Gasteiger partial charge in [-0.2, -0.15) is 0 Å². The molecule has 0 spiro atoms. The molecule has 0 aliphatic carbocycles. The molecule has 0 aromatic heterocycles. The molecule has 0 bridgehead atoms. The largest absolute Gasteiger partial charge is 0.389 e. The van der Waals surface area contributed by atoms with E-state index >= 15 is 0 Å². The molecule has 1 aromatic carbocycles. The summed E-state index contributed by atoms with van der Waals surface area (Å²) in [6.45, 7) is 4.20. The number of carbonyl (C=O) groups excluding carboxylic acids is 1. The molecule has 2 saturated heterocycles. The van der Waals surface area contributed by atoms with Crippen LogP contribution in [0.3, 0.4) is 0 Å². The zero-order valence-corrected chi connectivity index (χ0v) is 11.1. The molecule has 102 valence electrons. The van der Waals surface area contributed by atoms with Crippen LogP contribution in [-0.4, -0.2) is 53.1 Å². The number of hydrogen-bond acceptors (Lipinski definition) is 3. The number of aliphatic hydroxyl groups excluding tert-OH is 1. The van der Waals surface area contributed by atoms with Crippen molar-refractivity contribution in [1.29, 1.82) is 0 Å². The number of hydrogen-bond donors (Lipinski definition) is 1. The van der Waals surface area contributed by atoms with Crippen molar-refractivity contribution in [2.24, 2.45) is 0 Å². The van der Waals surface area contributed by atoms with Crippen molar-refractivity contribution in [1.82, 2.24) is 9.80 Å². The fourth-order valence-corrected chi connectivity index (χ4v) is 2.81. The van der Waals surface area contributed by atoms with Gasteiger partial charge in [0.25, 0.3) is 5.91 Å². The van der Waals surface area contributed by atoms with Gasteiger partial charge in [-0.1, -0.05) is 12.1 Å². The van der Waals surface area contributed by atoms with Gasteiger partial charge in [-0.25, -0.2) is 0 Å². The zero-order valence-electron chi connectivity index (χ0n) is 11.1. The Morgan fingerprint density at radius 1 is 1.26 bits per heavy atom. The van der Waals surface area contributed by atoms with Gasteiger partial charge >= 0.3 is 0 Å². The van der Waals surface area contributed by atoms with Gasteiger partial charge in [-0.05, 0) is 43.6 Å². The highest BCUT2D eigenvalue weighted by atomic mass is 16.3. The normalized spacial score (nSPS) is 20.6. The summed E-state index contributed by atoms with van der Waals surface area (Å²) in [5.74, 6) is 0.0357. The van der Waals surface area contributed by atoms with Crippen LogP contribution in [0, 0.1) is 0 Å². The van der Waals surface area contributed by atoms with Gasteiger partial charge in [0.2, 0.25) is 0 Å². The number of aliphatic hydroxyl groups is 1. The van der Waals surface area contributed by atoms with Gasteiger partial charge in [0.05, 0.1) is 6.10 Å². The lowest BCUT2D eigenvalue weighted by Gasteiger charge is -2.35. The second-order valence-corrected chi connectivity index (χ2v) is 5.55. The molecular weight excluding hydrogens is 240 g/mol. The first-order valence-corrected chi connectivity index (χ1v) is 7.01. The number of rotatable bonds is 3. The van der Waals surface area contributed by atoms with Crippen molar-refractivity contribution < 1.29 is 9.90 Å². The Hall–Kier alpha value is -1.39. The zero-order chi connectivity index (χ0) is 13.2. The van der Waals surface area contributed by atoms with E-state index in [4.69, 9.17) is 0 Å². The lowest BCUT2D eigenvalue weighted by Crippen LogP contribution is -2.53. The van der Waals surface area contributed by atoms with Gasteiger partial charge in [0, 0.05) is 25.2 Å². The Balaban J connectivity index is 1.67. The summed E-state index contributed by atoms with van der Waals surface area (Å²) < 4.78 is 0. The second kappa shape index (κ2) is 5.31. The predicted octanol–water partition coefficient (Wildman–Crippen LogP) is 1.10. The third-order valence-electron chi connectivity index (χ3n) is 3.93. The van der Waals surface area contributed by atoms with Crippen molar-refractivity contribution in [2.75, 3.05) is 26.2 Å². The van der Waals surface area contributed by atoms with Gasteiger partial charge in [-0.15, -0.1) is 0 Å². The molecule has 2 fully saturated rings. The van der Waals surface area contributed by atoms with E-state index in [1.807, 2.05) is 18.2 Å². The van der Waals surface area contributed by atoms with E-state index in [2.05, 4.69) is 11.0 Å². The number of amides is 1. The summed E-state index contributed by atoms with van der Waals surface area (Å²) in [6, 6.07) is 7.89. The standard InChI is InChI=1S/C15H20N2O2/c18-14-10-17(11-14)15(19)13-5-3-4-12(8-13)9-16-6-1-2-7-16/h3-5,8,14,18H,1-2,6-7,9-11H2. The molecule has 4 nitrogen and oxygen atoms in total. The maximum Gasteiger partial charge on any atom is 0.254 e. The van der Waals surface area contributed by atoms with Crippen molar-refractivity contribution in [3.05, 3.63) is 35.4 Å². The molecule has 2 aliphatic heterocycles. The van der Waals surface area contributed by atoms with Crippen LogP contribution in [-0.2, 0) is 6.54 Å². The molecule has 4 heteroatoms. The van der Waals surface area contributed by atoms with E-state index in [1.54, 1.807) is 4.90 Å². The van der Waals surface area contributed by atoms with Crippen LogP contribution in [0.1, 0.15) is 28.8 Å². The number of carbonyl (C=O) groups is 1. The Labute approximate surface area is 113 Å². The fraction of sp³-hybridized carbons (Fsp3) is 0.533. The molecule has 1 amide bonds. The first-order valence-electron chi connectivity index (χ1n) is 7.01. The molecule has 0 radical (unpaired) electrons. The van der Waals surface area contributed by atoms with Crippen LogP contribution in [0.4, 0.5) is 0 Å². The third kappa shape index (κ3) is 2.80. The maximum absolute atomic E-state index is 12.2. The predicted molar refractivity (Wildman–Crippen MR) is 72.9 cm³/mol. The maximum atomic E-state index is 12.2. The van der Waals surface area contributed by atoms with Crippen molar-refractivity contribution in [3.8, 4) is 0 Å². The van der Waals surface area contributed by atoms with E-state index < -0.39 is 0 Å². The van der Waals surface area contributed by atoms with Crippen LogP contribution < -0.4 is 0 Å². The van der Waals surface area contributed by atoms with Crippen molar-refractivity contribution >= 4 is 5.91 Å². The summed E-state index contributed by atoms with van der Waals surface area (Å²) in [7, 11) is 0. The molecule has 19 heavy (non-hydrogen) atoms. The average Bonchev–Trinajstić information content (AvgIpc) is 2.87. The summed E-state index contributed by atoms with van der Waals surface area (Å²) in [6.07, 6.45) is 2.23. The minimum absolute atomic E-state index is 0.0357. The molecular formula is C15H20N2O2. The Bertz CT molecular complexity index is 463. The van der Waals surface area contributed by atoms with E-state index in [0.29, 0.717) is 13.1 Å². The Morgan fingerprint density at radius 2 is 2.00 bits per heavy atom. The first-order chi connectivity index (χ1) is 9.22. The van der Waals surface area contributed by atoms with Crippen LogP contribution in [0.2, 0.25) is 0 Å². The molecule has 3 rings (SSSR count). The van der Waals surface area contributed by atoms with E-state index in [-0.39, 0.29) is 12.0 Å². The smallest absolute Gasteiger partial charge is 0.254 e. The van der Waals surface area contributed by atoms with Crippen LogP contribution in [0.15, 0.2) is 24.3 Å². The van der Waals surface area contributed by atoms with Gasteiger partial charge in [0.15, 0.2) is 0 Å². The highest BCUT2D eigenvalue weighted by Gasteiger charge is 2.29. The molecule has 0 saturated carbocycles. The molecule has 0 unspecified atom stereocenters. The number of nitrogens with zero attached hydrogens (tertiary/aromatic N) is 2. The van der Waals surface area contributed by atoms with Crippen molar-refractivity contribution in [3.63, 3.8) is 0 Å². The monoisotopic (exact) mass is 260 g/mol. The van der Waals surface area contributed by atoms with Crippen LogP contribution in [0.5, 0.6) is 0 Å². The molecule has 2 aliphatic rings. The second-order valence-electron chi connectivity index (χ2n) is 5.55. The lowest BCUT2D eigenvalue weighted by molar-refractivity contribution is 0.00588. The summed E-state index contributed by atoms with van der Waals surface area (Å²) in [5, 5.41) is 9.26. The van der Waals surface area contributed by atoms with Gasteiger partial charge in [-0.3, -0.25) is 9.69 Å². The topological polar surface area (TPSA) is 43.8 Å². The minimum atomic E-state index is -0.336. The lowest BCUT2D eigenvalue weighted by atomic mass is 10.1. The minimum Gasteiger partial charge on any atom is -0.389 e. The number of benzene rings is 1. The highest BCUT2D eigenvalue weighted by molar-refractivity contribution is 5.95. The third-order valence-corrected chi connectivity index (χ3v) is 3.93. The van der Waals surface area contributed by atoms with E-state index in [9.17, 15) is 9.90 Å². The number of likely N-dealkylation sites (tertiary alicyclic amines) is 2. The highest BCUT2D eigenvalue weighted by Crippen LogP contribution is 2.17. The SMILES string of the molecule is O=C(c1cccc(CN2CCCC2)c1)N1CC(O)C1. The summed E-state index contributed by atoms with van der Waals surface area (Å²) in [5.41, 5.74) is 1.94. The Kier molecular flexibility index (Phi) is 3.53. The van der Waals surface area contributed by atoms with E-state index in [0.717, 1.165) is 25.2 Å². The van der Waals surface area contributed by atoms with E-state index in [1.165, 1.54) is 18.4 Å². The molecule has 2 heterocycles. The molecule has 1 aromatic rings. The van der Waals surface area contributed by atoms with Crippen LogP contribution in [0.25, 0.3) is 0 Å². The van der Waals surface area contributed by atoms with Gasteiger partial charge < -0.3 is 10.0 Å². The number of β-amino-alcohol motifs (C(OH)–C–C–N with tert-alkyl or cyclic N) is 1.